The third-order valence-corrected chi connectivity index (χ3v) is 1.29. The Morgan fingerprint density at radius 3 is 2.38 bits per heavy atom. The molecule has 0 aromatic heterocycles. The first kappa shape index (κ1) is 12.1. The highest BCUT2D eigenvalue weighted by Gasteiger charge is 2.32. The minimum absolute atomic E-state index is 0.478. The van der Waals surface area contributed by atoms with E-state index in [2.05, 4.69) is 15.7 Å². The lowest BCUT2D eigenvalue weighted by atomic mass is 10.2. The molecule has 0 fully saturated rings. The molecule has 0 spiro atoms. The molecule has 0 aliphatic carbocycles. The zero-order chi connectivity index (χ0) is 12.0. The van der Waals surface area contributed by atoms with Gasteiger partial charge in [0, 0.05) is 11.5 Å². The molecular weight excluding hydrogens is 225 g/mol. The summed E-state index contributed by atoms with van der Waals surface area (Å²) in [5.74, 6) is 2.73. The van der Waals surface area contributed by atoms with Crippen LogP contribution in [0.4, 0.5) is 13.2 Å². The molecule has 84 valence electrons. The second kappa shape index (κ2) is 5.19. The first-order valence-corrected chi connectivity index (χ1v) is 4.01. The van der Waals surface area contributed by atoms with E-state index in [4.69, 9.17) is 0 Å². The van der Waals surface area contributed by atoms with Crippen molar-refractivity contribution in [3.8, 4) is 11.8 Å². The molecule has 1 aromatic rings. The number of rotatable bonds is 1. The van der Waals surface area contributed by atoms with Gasteiger partial charge >= 0.3 is 12.3 Å². The second-order valence-corrected chi connectivity index (χ2v) is 2.52. The van der Waals surface area contributed by atoms with Gasteiger partial charge in [-0.1, -0.05) is 29.0 Å². The number of halogens is 3. The minimum Gasteiger partial charge on any atom is -0.275 e. The zero-order valence-electron chi connectivity index (χ0n) is 7.75. The van der Waals surface area contributed by atoms with E-state index >= 15 is 0 Å². The summed E-state index contributed by atoms with van der Waals surface area (Å²) in [6, 6.07) is 8.25. The molecule has 0 heterocycles. The summed E-state index contributed by atoms with van der Waals surface area (Å²) in [5, 5.41) is 0. The standard InChI is InChI=1S/C10H5F3O3/c11-10(12,13)16-15-9(14)7-6-8-4-2-1-3-5-8/h1-5H. The van der Waals surface area contributed by atoms with Crippen molar-refractivity contribution in [1.82, 2.24) is 0 Å². The van der Waals surface area contributed by atoms with Crippen molar-refractivity contribution in [2.75, 3.05) is 0 Å². The summed E-state index contributed by atoms with van der Waals surface area (Å²) < 4.78 is 34.3. The van der Waals surface area contributed by atoms with Gasteiger partial charge < -0.3 is 0 Å². The van der Waals surface area contributed by atoms with Crippen LogP contribution in [0.1, 0.15) is 5.56 Å². The Morgan fingerprint density at radius 1 is 1.19 bits per heavy atom. The molecule has 16 heavy (non-hydrogen) atoms. The first-order chi connectivity index (χ1) is 7.47. The fourth-order valence-electron chi connectivity index (χ4n) is 0.751. The molecule has 0 N–H and O–H groups in total. The van der Waals surface area contributed by atoms with Crippen molar-refractivity contribution in [1.29, 1.82) is 0 Å². The number of hydrogen-bond donors (Lipinski definition) is 0. The Balaban J connectivity index is 2.50. The van der Waals surface area contributed by atoms with Crippen LogP contribution >= 0.6 is 0 Å². The zero-order valence-corrected chi connectivity index (χ0v) is 7.75. The lowest BCUT2D eigenvalue weighted by Gasteiger charge is -2.01. The molecule has 0 saturated heterocycles. The van der Waals surface area contributed by atoms with Gasteiger partial charge in [-0.3, -0.25) is 4.89 Å². The van der Waals surface area contributed by atoms with Crippen molar-refractivity contribution >= 4 is 5.97 Å². The average Bonchev–Trinajstić information content (AvgIpc) is 2.24. The van der Waals surface area contributed by atoms with Crippen LogP contribution in [0.2, 0.25) is 0 Å². The van der Waals surface area contributed by atoms with Gasteiger partial charge in [0.25, 0.3) is 0 Å². The molecule has 1 aromatic carbocycles. The molecule has 1 rings (SSSR count). The maximum absolute atomic E-state index is 11.4. The van der Waals surface area contributed by atoms with Gasteiger partial charge in [-0.05, 0) is 12.1 Å². The quantitative estimate of drug-likeness (QED) is 0.420. The Hall–Kier alpha value is -2.00. The van der Waals surface area contributed by atoms with Gasteiger partial charge in [-0.25, -0.2) is 4.79 Å². The smallest absolute Gasteiger partial charge is 0.275 e. The molecule has 0 unspecified atom stereocenters. The third kappa shape index (κ3) is 5.02. The van der Waals surface area contributed by atoms with E-state index in [9.17, 15) is 18.0 Å². The van der Waals surface area contributed by atoms with Gasteiger partial charge in [0.1, 0.15) is 0 Å². The normalized spacial score (nSPS) is 10.2. The fourth-order valence-corrected chi connectivity index (χ4v) is 0.751. The van der Waals surface area contributed by atoms with E-state index in [0.29, 0.717) is 5.56 Å². The SMILES string of the molecule is O=C(C#Cc1ccccc1)OOC(F)(F)F. The van der Waals surface area contributed by atoms with E-state index in [0.717, 1.165) is 0 Å². The molecule has 0 aliphatic rings. The first-order valence-electron chi connectivity index (χ1n) is 4.01. The van der Waals surface area contributed by atoms with Crippen LogP contribution in [0, 0.1) is 11.8 Å². The summed E-state index contributed by atoms with van der Waals surface area (Å²) in [7, 11) is 0. The fraction of sp³-hybridized carbons (Fsp3) is 0.100. The minimum atomic E-state index is -5.02. The molecule has 6 heteroatoms. The molecule has 0 bridgehead atoms. The van der Waals surface area contributed by atoms with Gasteiger partial charge in [0.15, 0.2) is 0 Å². The largest absolute Gasteiger partial charge is 0.558 e. The van der Waals surface area contributed by atoms with Crippen LogP contribution in [-0.4, -0.2) is 12.3 Å². The van der Waals surface area contributed by atoms with E-state index < -0.39 is 12.3 Å². The van der Waals surface area contributed by atoms with E-state index in [-0.39, 0.29) is 0 Å². The lowest BCUT2D eigenvalue weighted by Crippen LogP contribution is -2.16. The van der Waals surface area contributed by atoms with Crippen molar-refractivity contribution in [3.05, 3.63) is 35.9 Å². The highest BCUT2D eigenvalue weighted by atomic mass is 19.4. The number of carbonyl (C=O) groups is 1. The van der Waals surface area contributed by atoms with Gasteiger partial charge in [-0.15, -0.1) is 13.2 Å². The van der Waals surface area contributed by atoms with Crippen LogP contribution in [0.3, 0.4) is 0 Å². The summed E-state index contributed by atoms with van der Waals surface area (Å²) in [6.45, 7) is 0. The summed E-state index contributed by atoms with van der Waals surface area (Å²) in [6.07, 6.45) is -5.02. The maximum atomic E-state index is 11.4. The Kier molecular flexibility index (Phi) is 3.91. The summed E-state index contributed by atoms with van der Waals surface area (Å²) in [4.78, 5) is 16.9. The van der Waals surface area contributed by atoms with Crippen LogP contribution in [0.25, 0.3) is 0 Å². The van der Waals surface area contributed by atoms with E-state index in [1.165, 1.54) is 0 Å². The van der Waals surface area contributed by atoms with E-state index in [1.54, 1.807) is 30.3 Å². The van der Waals surface area contributed by atoms with E-state index in [1.807, 2.05) is 5.92 Å². The number of carbonyl (C=O) groups excluding carboxylic acids is 1. The highest BCUT2D eigenvalue weighted by Crippen LogP contribution is 2.16. The predicted molar refractivity (Wildman–Crippen MR) is 46.6 cm³/mol. The maximum Gasteiger partial charge on any atom is 0.558 e. The molecule has 0 atom stereocenters. The van der Waals surface area contributed by atoms with Crippen molar-refractivity contribution in [2.45, 2.75) is 6.36 Å². The second-order valence-electron chi connectivity index (χ2n) is 2.52. The monoisotopic (exact) mass is 230 g/mol. The molecular formula is C10H5F3O3. The van der Waals surface area contributed by atoms with Crippen molar-refractivity contribution in [3.63, 3.8) is 0 Å². The highest BCUT2D eigenvalue weighted by molar-refractivity contribution is 5.88. The molecule has 0 radical (unpaired) electrons. The predicted octanol–water partition coefficient (Wildman–Crippen LogP) is 2.03. The number of alkyl halides is 3. The van der Waals surface area contributed by atoms with Gasteiger partial charge in [-0.2, -0.15) is 0 Å². The van der Waals surface area contributed by atoms with Gasteiger partial charge in [0.2, 0.25) is 0 Å². The number of benzene rings is 1. The number of hydrogen-bond acceptors (Lipinski definition) is 3. The molecule has 0 saturated carbocycles. The topological polar surface area (TPSA) is 35.5 Å². The Morgan fingerprint density at radius 2 is 1.81 bits per heavy atom. The van der Waals surface area contributed by atoms with Crippen LogP contribution < -0.4 is 0 Å². The molecule has 0 aliphatic heterocycles. The van der Waals surface area contributed by atoms with Gasteiger partial charge in [0.05, 0.1) is 0 Å². The third-order valence-electron chi connectivity index (χ3n) is 1.29. The lowest BCUT2D eigenvalue weighted by molar-refractivity contribution is -0.460. The summed E-state index contributed by atoms with van der Waals surface area (Å²) >= 11 is 0. The molecule has 0 amide bonds. The van der Waals surface area contributed by atoms with Crippen LogP contribution in [0.5, 0.6) is 0 Å². The van der Waals surface area contributed by atoms with Crippen LogP contribution in [-0.2, 0) is 14.6 Å². The Bertz CT molecular complexity index is 414. The Labute approximate surface area is 88.7 Å². The van der Waals surface area contributed by atoms with Crippen LogP contribution in [0.15, 0.2) is 30.3 Å². The summed E-state index contributed by atoms with van der Waals surface area (Å²) in [5.41, 5.74) is 0.478. The average molecular weight is 230 g/mol. The van der Waals surface area contributed by atoms with Crippen molar-refractivity contribution < 1.29 is 27.7 Å². The van der Waals surface area contributed by atoms with Crippen molar-refractivity contribution in [2.24, 2.45) is 0 Å². The molecule has 3 nitrogen and oxygen atoms in total.